The Morgan fingerprint density at radius 2 is 1.95 bits per heavy atom. The summed E-state index contributed by atoms with van der Waals surface area (Å²) in [5.41, 5.74) is -0.974. The smallest absolute Gasteiger partial charge is 0.242 e. The van der Waals surface area contributed by atoms with Crippen LogP contribution in [-0.4, -0.2) is 53.7 Å². The first-order chi connectivity index (χ1) is 9.73. The Hall–Kier alpha value is -1.82. The fourth-order valence-corrected chi connectivity index (χ4v) is 2.50. The molecular weight excluding hydrogens is 278 g/mol. The fraction of sp³-hybridized carbons (Fsp3) is 0.467. The molecular formula is C15H18F2N2O2. The third-order valence-corrected chi connectivity index (χ3v) is 3.93. The second-order valence-electron chi connectivity index (χ2n) is 5.75. The molecule has 2 rings (SSSR count). The molecule has 6 heteroatoms. The van der Waals surface area contributed by atoms with Crippen LogP contribution in [0.25, 0.3) is 0 Å². The molecule has 0 aliphatic carbocycles. The van der Waals surface area contributed by atoms with Crippen molar-refractivity contribution in [2.75, 3.05) is 26.7 Å². The van der Waals surface area contributed by atoms with Crippen LogP contribution in [0.3, 0.4) is 0 Å². The zero-order chi connectivity index (χ0) is 15.8. The van der Waals surface area contributed by atoms with Gasteiger partial charge in [-0.1, -0.05) is 0 Å². The van der Waals surface area contributed by atoms with Crippen molar-refractivity contribution in [1.82, 2.24) is 9.80 Å². The van der Waals surface area contributed by atoms with Crippen LogP contribution in [0, 0.1) is 11.6 Å². The molecule has 1 fully saturated rings. The lowest BCUT2D eigenvalue weighted by molar-refractivity contribution is -0.146. The SMILES string of the molecule is CN1CCN(CC(=O)c2ccc(F)cc2F)C(C)(C)C1=O. The molecule has 21 heavy (non-hydrogen) atoms. The van der Waals surface area contributed by atoms with Crippen molar-refractivity contribution in [2.24, 2.45) is 0 Å². The number of halogens is 2. The summed E-state index contributed by atoms with van der Waals surface area (Å²) in [5.74, 6) is -2.14. The lowest BCUT2D eigenvalue weighted by atomic mass is 9.96. The van der Waals surface area contributed by atoms with Gasteiger partial charge in [0.1, 0.15) is 11.6 Å². The van der Waals surface area contributed by atoms with Crippen molar-refractivity contribution >= 4 is 11.7 Å². The van der Waals surface area contributed by atoms with E-state index in [1.54, 1.807) is 30.7 Å². The summed E-state index contributed by atoms with van der Waals surface area (Å²) >= 11 is 0. The molecule has 1 saturated heterocycles. The van der Waals surface area contributed by atoms with Crippen molar-refractivity contribution in [3.8, 4) is 0 Å². The number of piperazine rings is 1. The van der Waals surface area contributed by atoms with Crippen LogP contribution >= 0.6 is 0 Å². The van der Waals surface area contributed by atoms with Crippen molar-refractivity contribution in [3.05, 3.63) is 35.4 Å². The van der Waals surface area contributed by atoms with E-state index in [1.165, 1.54) is 0 Å². The highest BCUT2D eigenvalue weighted by Gasteiger charge is 2.41. The molecule has 0 bridgehead atoms. The predicted molar refractivity (Wildman–Crippen MR) is 74.0 cm³/mol. The molecule has 1 aromatic rings. The molecule has 1 amide bonds. The first kappa shape index (κ1) is 15.6. The Labute approximate surface area is 122 Å². The molecule has 0 saturated carbocycles. The summed E-state index contributed by atoms with van der Waals surface area (Å²) < 4.78 is 26.5. The van der Waals surface area contributed by atoms with E-state index in [0.717, 1.165) is 12.1 Å². The monoisotopic (exact) mass is 296 g/mol. The summed E-state index contributed by atoms with van der Waals surface area (Å²) in [5, 5.41) is 0. The van der Waals surface area contributed by atoms with Crippen LogP contribution in [0.2, 0.25) is 0 Å². The number of hydrogen-bond donors (Lipinski definition) is 0. The second-order valence-corrected chi connectivity index (χ2v) is 5.75. The number of rotatable bonds is 3. The molecule has 0 atom stereocenters. The minimum Gasteiger partial charge on any atom is -0.343 e. The first-order valence-electron chi connectivity index (χ1n) is 6.72. The van der Waals surface area contributed by atoms with Gasteiger partial charge in [-0.3, -0.25) is 14.5 Å². The van der Waals surface area contributed by atoms with Crippen molar-refractivity contribution in [1.29, 1.82) is 0 Å². The van der Waals surface area contributed by atoms with Gasteiger partial charge in [-0.05, 0) is 26.0 Å². The molecule has 114 valence electrons. The van der Waals surface area contributed by atoms with E-state index in [4.69, 9.17) is 0 Å². The van der Waals surface area contributed by atoms with Crippen molar-refractivity contribution in [2.45, 2.75) is 19.4 Å². The van der Waals surface area contributed by atoms with Crippen molar-refractivity contribution < 1.29 is 18.4 Å². The van der Waals surface area contributed by atoms with Gasteiger partial charge < -0.3 is 4.90 Å². The van der Waals surface area contributed by atoms with E-state index >= 15 is 0 Å². The Morgan fingerprint density at radius 1 is 1.29 bits per heavy atom. The molecule has 0 radical (unpaired) electrons. The highest BCUT2D eigenvalue weighted by molar-refractivity contribution is 5.98. The molecule has 1 aliphatic heterocycles. The number of carbonyl (C=O) groups is 2. The van der Waals surface area contributed by atoms with Gasteiger partial charge in [-0.2, -0.15) is 0 Å². The van der Waals surface area contributed by atoms with E-state index in [2.05, 4.69) is 0 Å². The number of likely N-dealkylation sites (N-methyl/N-ethyl adjacent to an activating group) is 1. The quantitative estimate of drug-likeness (QED) is 0.797. The molecule has 1 aromatic carbocycles. The number of carbonyl (C=O) groups excluding carboxylic acids is 2. The Bertz CT molecular complexity index is 587. The Balaban J connectivity index is 2.17. The average molecular weight is 296 g/mol. The maximum absolute atomic E-state index is 13.6. The zero-order valence-corrected chi connectivity index (χ0v) is 12.3. The standard InChI is InChI=1S/C15H18F2N2O2/c1-15(2)14(21)18(3)6-7-19(15)9-13(20)11-5-4-10(16)8-12(11)17/h4-5,8H,6-7,9H2,1-3H3. The third kappa shape index (κ3) is 2.95. The van der Waals surface area contributed by atoms with Gasteiger partial charge in [-0.25, -0.2) is 8.78 Å². The maximum atomic E-state index is 13.6. The highest BCUT2D eigenvalue weighted by atomic mass is 19.1. The number of amides is 1. The first-order valence-corrected chi connectivity index (χ1v) is 6.72. The Morgan fingerprint density at radius 3 is 2.57 bits per heavy atom. The number of benzene rings is 1. The van der Waals surface area contributed by atoms with E-state index in [9.17, 15) is 18.4 Å². The molecule has 0 unspecified atom stereocenters. The normalized spacial score (nSPS) is 18.9. The minimum absolute atomic E-state index is 0.0743. The van der Waals surface area contributed by atoms with E-state index in [1.807, 2.05) is 0 Å². The van der Waals surface area contributed by atoms with Gasteiger partial charge in [-0.15, -0.1) is 0 Å². The molecule has 0 aromatic heterocycles. The fourth-order valence-electron chi connectivity index (χ4n) is 2.50. The lowest BCUT2D eigenvalue weighted by Crippen LogP contribution is -2.62. The summed E-state index contributed by atoms with van der Waals surface area (Å²) in [6.45, 7) is 4.44. The zero-order valence-electron chi connectivity index (χ0n) is 12.3. The second kappa shape index (κ2) is 5.52. The van der Waals surface area contributed by atoms with Gasteiger partial charge in [0.05, 0.1) is 17.6 Å². The summed E-state index contributed by atoms with van der Waals surface area (Å²) in [6, 6.07) is 2.88. The molecule has 0 N–H and O–H groups in total. The number of hydrogen-bond acceptors (Lipinski definition) is 3. The van der Waals surface area contributed by atoms with Gasteiger partial charge in [0.15, 0.2) is 5.78 Å². The summed E-state index contributed by atoms with van der Waals surface area (Å²) in [7, 11) is 1.71. The van der Waals surface area contributed by atoms with Crippen LogP contribution in [0.5, 0.6) is 0 Å². The van der Waals surface area contributed by atoms with E-state index < -0.39 is 23.0 Å². The number of Topliss-reactive ketones (excluding diaryl/α,β-unsaturated/α-hetero) is 1. The van der Waals surface area contributed by atoms with Crippen LogP contribution in [-0.2, 0) is 4.79 Å². The van der Waals surface area contributed by atoms with Crippen LogP contribution in [0.1, 0.15) is 24.2 Å². The lowest BCUT2D eigenvalue weighted by Gasteiger charge is -2.44. The topological polar surface area (TPSA) is 40.6 Å². The van der Waals surface area contributed by atoms with Gasteiger partial charge in [0.2, 0.25) is 5.91 Å². The van der Waals surface area contributed by atoms with E-state index in [0.29, 0.717) is 19.2 Å². The molecule has 0 spiro atoms. The minimum atomic E-state index is -0.877. The van der Waals surface area contributed by atoms with Gasteiger partial charge >= 0.3 is 0 Å². The average Bonchev–Trinajstić information content (AvgIpc) is 2.40. The van der Waals surface area contributed by atoms with Crippen molar-refractivity contribution in [3.63, 3.8) is 0 Å². The van der Waals surface area contributed by atoms with Gasteiger partial charge in [0, 0.05) is 26.2 Å². The predicted octanol–water partition coefficient (Wildman–Crippen LogP) is 1.70. The van der Waals surface area contributed by atoms with Gasteiger partial charge in [0.25, 0.3) is 0 Å². The number of nitrogens with zero attached hydrogens (tertiary/aromatic N) is 2. The molecule has 1 heterocycles. The van der Waals surface area contributed by atoms with Crippen LogP contribution in [0.15, 0.2) is 18.2 Å². The van der Waals surface area contributed by atoms with E-state index in [-0.39, 0.29) is 18.0 Å². The largest absolute Gasteiger partial charge is 0.343 e. The molecule has 4 nitrogen and oxygen atoms in total. The summed E-state index contributed by atoms with van der Waals surface area (Å²) in [4.78, 5) is 27.7. The molecule has 1 aliphatic rings. The van der Waals surface area contributed by atoms with Crippen LogP contribution in [0.4, 0.5) is 8.78 Å². The maximum Gasteiger partial charge on any atom is 0.242 e. The number of ketones is 1. The highest BCUT2D eigenvalue weighted by Crippen LogP contribution is 2.22. The Kier molecular flexibility index (Phi) is 4.09. The third-order valence-electron chi connectivity index (χ3n) is 3.93. The van der Waals surface area contributed by atoms with Crippen LogP contribution < -0.4 is 0 Å². The summed E-state index contributed by atoms with van der Waals surface area (Å²) in [6.07, 6.45) is 0.